The highest BCUT2D eigenvalue weighted by atomic mass is 16.5. The first-order valence-corrected chi connectivity index (χ1v) is 20.3. The standard InChI is InChI=1S/C42H55N7O9/c1-22(2)17-31-39(54)48-35(24(4)50)41(56)47-32(18-25-9-6-5-7-10-25)42(57)49-21-28(44-37(52)27-13-14-34-26(19-27)15-16-58-34)20-33(49)40(55)43-23(3)36(51)45-30-12-8-11-29(30)38(53)46-31/h5-7,9-10,13-14,19,22-24,28-33,35,50H,8,11-12,15-18,20-21H2,1-4H3,(H,43,55)(H,44,52)(H,45,51)(H,46,53)(H,47,56)(H,48,54)/t23-,24+,28+,29+,30+,31-,32-,33?,35-/m0/s1. The third kappa shape index (κ3) is 9.95. The average molecular weight is 802 g/mol. The van der Waals surface area contributed by atoms with Gasteiger partial charge in [0.2, 0.25) is 35.4 Å². The van der Waals surface area contributed by atoms with Crippen molar-refractivity contribution in [2.75, 3.05) is 13.2 Å². The molecule has 7 amide bonds. The molecular formula is C42H55N7O9. The predicted molar refractivity (Wildman–Crippen MR) is 211 cm³/mol. The molecule has 16 nitrogen and oxygen atoms in total. The third-order valence-electron chi connectivity index (χ3n) is 11.4. The van der Waals surface area contributed by atoms with Crippen molar-refractivity contribution in [2.24, 2.45) is 11.8 Å². The third-order valence-corrected chi connectivity index (χ3v) is 11.4. The fourth-order valence-corrected chi connectivity index (χ4v) is 8.31. The monoisotopic (exact) mass is 801 g/mol. The van der Waals surface area contributed by atoms with E-state index < -0.39 is 95.7 Å². The summed E-state index contributed by atoms with van der Waals surface area (Å²) < 4.78 is 5.58. The van der Waals surface area contributed by atoms with Gasteiger partial charge in [-0.2, -0.15) is 0 Å². The first-order valence-electron chi connectivity index (χ1n) is 20.3. The van der Waals surface area contributed by atoms with E-state index in [9.17, 15) is 38.7 Å². The Morgan fingerprint density at radius 2 is 1.60 bits per heavy atom. The van der Waals surface area contributed by atoms with Crippen molar-refractivity contribution in [1.82, 2.24) is 36.8 Å². The van der Waals surface area contributed by atoms with Crippen molar-refractivity contribution in [3.05, 3.63) is 65.2 Å². The molecule has 3 fully saturated rings. The molecule has 1 unspecified atom stereocenters. The van der Waals surface area contributed by atoms with Gasteiger partial charge < -0.3 is 46.6 Å². The smallest absolute Gasteiger partial charge is 0.251 e. The number of carbonyl (C=O) groups excluding carboxylic acids is 7. The number of ether oxygens (including phenoxy) is 1. The molecule has 0 aromatic heterocycles. The zero-order chi connectivity index (χ0) is 41.7. The minimum absolute atomic E-state index is 0.00613. The number of hydrogen-bond donors (Lipinski definition) is 7. The number of nitrogens with one attached hydrogen (secondary N) is 6. The molecule has 2 aromatic rings. The van der Waals surface area contributed by atoms with Gasteiger partial charge in [-0.3, -0.25) is 33.6 Å². The number of rotatable bonds is 7. The van der Waals surface area contributed by atoms with Gasteiger partial charge in [0, 0.05) is 37.0 Å². The SMILES string of the molecule is CC(C)C[C@@H]1NC(=O)[C@@H]2CCC[C@H]2NC(=O)[C@H](C)NC(=O)C2C[C@@H](NC(=O)c3ccc4c(c3)CCO4)CN2C(=O)[C@H](Cc2ccccc2)NC(=O)[C@H]([C@@H](C)O)NC1=O. The fraction of sp³-hybridized carbons (Fsp3) is 0.548. The van der Waals surface area contributed by atoms with E-state index in [1.165, 1.54) is 18.7 Å². The molecule has 3 heterocycles. The van der Waals surface area contributed by atoms with Gasteiger partial charge in [-0.25, -0.2) is 0 Å². The second kappa shape index (κ2) is 18.4. The Morgan fingerprint density at radius 3 is 2.33 bits per heavy atom. The summed E-state index contributed by atoms with van der Waals surface area (Å²) in [6.45, 7) is 7.03. The van der Waals surface area contributed by atoms with E-state index in [1.54, 1.807) is 48.5 Å². The topological polar surface area (TPSA) is 224 Å². The first kappa shape index (κ1) is 42.1. The molecule has 0 spiro atoms. The molecule has 1 saturated carbocycles. The maximum absolute atomic E-state index is 14.7. The fourth-order valence-electron chi connectivity index (χ4n) is 8.31. The summed E-state index contributed by atoms with van der Waals surface area (Å²) >= 11 is 0. The Bertz CT molecular complexity index is 1890. The zero-order valence-corrected chi connectivity index (χ0v) is 33.4. The highest BCUT2D eigenvalue weighted by molar-refractivity contribution is 5.98. The van der Waals surface area contributed by atoms with Gasteiger partial charge in [-0.05, 0) is 74.8 Å². The number of benzene rings is 2. The van der Waals surface area contributed by atoms with Crippen LogP contribution in [0.25, 0.3) is 0 Å². The molecular weight excluding hydrogens is 747 g/mol. The molecule has 7 N–H and O–H groups in total. The largest absolute Gasteiger partial charge is 0.493 e. The Hall–Kier alpha value is -5.51. The van der Waals surface area contributed by atoms with Crippen LogP contribution in [0.5, 0.6) is 5.75 Å². The average Bonchev–Trinajstić information content (AvgIpc) is 3.95. The van der Waals surface area contributed by atoms with Crippen LogP contribution in [0.3, 0.4) is 0 Å². The van der Waals surface area contributed by atoms with Crippen LogP contribution in [0.4, 0.5) is 0 Å². The normalized spacial score (nSPS) is 28.9. The number of aliphatic hydroxyl groups is 1. The summed E-state index contributed by atoms with van der Waals surface area (Å²) in [7, 11) is 0. The van der Waals surface area contributed by atoms with Crippen molar-refractivity contribution < 1.29 is 43.4 Å². The quantitative estimate of drug-likeness (QED) is 0.204. The number of amides is 7. The van der Waals surface area contributed by atoms with E-state index in [0.29, 0.717) is 49.2 Å². The van der Waals surface area contributed by atoms with E-state index >= 15 is 0 Å². The van der Waals surface area contributed by atoms with Crippen LogP contribution >= 0.6 is 0 Å². The minimum Gasteiger partial charge on any atom is -0.493 e. The summed E-state index contributed by atoms with van der Waals surface area (Å²) in [4.78, 5) is 98.9. The second-order valence-electron chi connectivity index (χ2n) is 16.4. The predicted octanol–water partition coefficient (Wildman–Crippen LogP) is 0.248. The number of aliphatic hydroxyl groups excluding tert-OH is 1. The Morgan fingerprint density at radius 1 is 0.862 bits per heavy atom. The molecule has 6 rings (SSSR count). The maximum atomic E-state index is 14.7. The van der Waals surface area contributed by atoms with Gasteiger partial charge in [0.1, 0.15) is 36.0 Å². The highest BCUT2D eigenvalue weighted by Crippen LogP contribution is 2.28. The highest BCUT2D eigenvalue weighted by Gasteiger charge is 2.45. The second-order valence-corrected chi connectivity index (χ2v) is 16.4. The molecule has 58 heavy (non-hydrogen) atoms. The summed E-state index contributed by atoms with van der Waals surface area (Å²) in [6, 6.07) is 6.67. The minimum atomic E-state index is -1.52. The molecule has 3 aliphatic heterocycles. The van der Waals surface area contributed by atoms with Gasteiger partial charge in [-0.15, -0.1) is 0 Å². The Labute approximate surface area is 338 Å². The zero-order valence-electron chi connectivity index (χ0n) is 33.4. The molecule has 0 radical (unpaired) electrons. The summed E-state index contributed by atoms with van der Waals surface area (Å²) in [5.74, 6) is -4.18. The molecule has 0 bridgehead atoms. The molecule has 2 saturated heterocycles. The molecule has 4 aliphatic rings. The van der Waals surface area contributed by atoms with Crippen LogP contribution in [0.2, 0.25) is 0 Å². The van der Waals surface area contributed by atoms with Gasteiger partial charge in [0.15, 0.2) is 0 Å². The van der Waals surface area contributed by atoms with Gasteiger partial charge in [-0.1, -0.05) is 50.6 Å². The van der Waals surface area contributed by atoms with Crippen molar-refractivity contribution in [1.29, 1.82) is 0 Å². The Balaban J connectivity index is 1.33. The summed E-state index contributed by atoms with van der Waals surface area (Å²) in [5, 5.41) is 27.6. The van der Waals surface area contributed by atoms with Crippen LogP contribution < -0.4 is 36.6 Å². The van der Waals surface area contributed by atoms with Crippen LogP contribution in [-0.2, 0) is 41.6 Å². The van der Waals surface area contributed by atoms with Crippen molar-refractivity contribution in [3.63, 3.8) is 0 Å². The van der Waals surface area contributed by atoms with E-state index in [0.717, 1.165) is 5.56 Å². The first-order chi connectivity index (χ1) is 27.7. The van der Waals surface area contributed by atoms with Gasteiger partial charge in [0.05, 0.1) is 18.6 Å². The van der Waals surface area contributed by atoms with Gasteiger partial charge in [0.25, 0.3) is 5.91 Å². The molecule has 9 atom stereocenters. The number of hydrogen-bond acceptors (Lipinski definition) is 9. The number of carbonyl (C=O) groups is 7. The molecule has 312 valence electrons. The molecule has 16 heteroatoms. The van der Waals surface area contributed by atoms with Crippen LogP contribution in [0.15, 0.2) is 48.5 Å². The van der Waals surface area contributed by atoms with Crippen LogP contribution in [-0.4, -0.2) is 113 Å². The lowest BCUT2D eigenvalue weighted by Crippen LogP contribution is -2.61. The number of nitrogens with zero attached hydrogens (tertiary/aromatic N) is 1. The summed E-state index contributed by atoms with van der Waals surface area (Å²) in [6.07, 6.45) is 1.07. The van der Waals surface area contributed by atoms with E-state index in [2.05, 4.69) is 31.9 Å². The van der Waals surface area contributed by atoms with E-state index in [4.69, 9.17) is 4.74 Å². The van der Waals surface area contributed by atoms with Crippen molar-refractivity contribution >= 4 is 41.4 Å². The van der Waals surface area contributed by atoms with Gasteiger partial charge >= 0.3 is 0 Å². The van der Waals surface area contributed by atoms with Crippen LogP contribution in [0.1, 0.15) is 81.3 Å². The van der Waals surface area contributed by atoms with E-state index in [1.807, 2.05) is 13.8 Å². The maximum Gasteiger partial charge on any atom is 0.251 e. The van der Waals surface area contributed by atoms with E-state index in [-0.39, 0.29) is 31.7 Å². The van der Waals surface area contributed by atoms with Crippen molar-refractivity contribution in [3.8, 4) is 5.75 Å². The van der Waals surface area contributed by atoms with Crippen LogP contribution in [0, 0.1) is 11.8 Å². The number of fused-ring (bicyclic) bond motifs is 3. The Kier molecular flexibility index (Phi) is 13.3. The summed E-state index contributed by atoms with van der Waals surface area (Å²) in [5.41, 5.74) is 1.97. The molecule has 2 aromatic carbocycles. The lowest BCUT2D eigenvalue weighted by Gasteiger charge is -2.31. The lowest BCUT2D eigenvalue weighted by molar-refractivity contribution is -0.143. The van der Waals surface area contributed by atoms with Crippen molar-refractivity contribution in [2.45, 2.75) is 121 Å². The lowest BCUT2D eigenvalue weighted by atomic mass is 9.98. The molecule has 1 aliphatic carbocycles.